The van der Waals surface area contributed by atoms with Crippen molar-refractivity contribution in [1.82, 2.24) is 5.32 Å². The van der Waals surface area contributed by atoms with Crippen LogP contribution in [-0.2, 0) is 14.9 Å². The second-order valence-electron chi connectivity index (χ2n) is 12.1. The van der Waals surface area contributed by atoms with Crippen molar-refractivity contribution < 1.29 is 22.9 Å². The molecule has 0 heterocycles. The molecule has 0 aliphatic carbocycles. The predicted molar refractivity (Wildman–Crippen MR) is 193 cm³/mol. The van der Waals surface area contributed by atoms with Crippen LogP contribution >= 0.6 is 0 Å². The fourth-order valence-corrected chi connectivity index (χ4v) is 5.68. The molecule has 0 saturated heterocycles. The zero-order chi connectivity index (χ0) is 33.3. The molecule has 0 radical (unpaired) electrons. The summed E-state index contributed by atoms with van der Waals surface area (Å²) < 4.78 is 32.1. The molecule has 7 heteroatoms. The van der Waals surface area contributed by atoms with Crippen LogP contribution in [0.25, 0.3) is 0 Å². The first kappa shape index (κ1) is 43.0. The highest BCUT2D eigenvalue weighted by atomic mass is 32.2. The van der Waals surface area contributed by atoms with Gasteiger partial charge in [-0.05, 0) is 64.2 Å². The van der Waals surface area contributed by atoms with Crippen LogP contribution in [0.15, 0.2) is 60.8 Å². The van der Waals surface area contributed by atoms with Crippen molar-refractivity contribution >= 4 is 16.0 Å². The lowest BCUT2D eigenvalue weighted by Gasteiger charge is -2.21. The molecule has 0 aromatic rings. The van der Waals surface area contributed by atoms with Gasteiger partial charge < -0.3 is 10.4 Å². The Bertz CT molecular complexity index is 936. The maximum Gasteiger partial charge on any atom is 0.267 e. The highest BCUT2D eigenvalue weighted by Gasteiger charge is 2.24. The van der Waals surface area contributed by atoms with Gasteiger partial charge in [-0.25, -0.2) is 0 Å². The third-order valence-electron chi connectivity index (χ3n) is 7.65. The highest BCUT2D eigenvalue weighted by molar-refractivity contribution is 7.85. The van der Waals surface area contributed by atoms with E-state index in [1.807, 2.05) is 0 Å². The van der Waals surface area contributed by atoms with Crippen LogP contribution in [0.2, 0.25) is 0 Å². The number of rotatable bonds is 31. The van der Waals surface area contributed by atoms with Crippen molar-refractivity contribution in [2.24, 2.45) is 0 Å². The topological polar surface area (TPSA) is 104 Å². The average Bonchev–Trinajstić information content (AvgIpc) is 3.00. The van der Waals surface area contributed by atoms with E-state index in [9.17, 15) is 22.9 Å². The Hall–Kier alpha value is -1.96. The molecule has 3 N–H and O–H groups in total. The van der Waals surface area contributed by atoms with E-state index in [2.05, 4.69) is 67.8 Å². The molecule has 6 nitrogen and oxygen atoms in total. The minimum Gasteiger partial charge on any atom is -0.387 e. The predicted octanol–water partition coefficient (Wildman–Crippen LogP) is 10.1. The van der Waals surface area contributed by atoms with Crippen LogP contribution in [-0.4, -0.2) is 41.9 Å². The third-order valence-corrected chi connectivity index (χ3v) is 8.43. The molecule has 2 unspecified atom stereocenters. The van der Waals surface area contributed by atoms with Gasteiger partial charge in [0.25, 0.3) is 10.1 Å². The Morgan fingerprint density at radius 3 is 1.62 bits per heavy atom. The number of unbranched alkanes of at least 4 members (excludes halogenated alkanes) is 15. The minimum absolute atomic E-state index is 0.276. The standard InChI is InChI=1S/C38H67NO5S/c1-3-5-7-9-11-12-13-14-15-16-17-18-19-20-21-22-23-24-25-26-28-30-32-34-38(41)39-36(35-45(42,43)44)37(40)33-31-29-27-10-8-6-4-2/h8,10,13-14,16-17,19-20,31,33,36-37,40H,3-7,9,11-12,15,18,21-30,32,34-35H2,1-2H3,(H,39,41)(H,42,43,44)/b10-8+,14-13-,17-16-,20-19-,33-31+. The summed E-state index contributed by atoms with van der Waals surface area (Å²) in [5.41, 5.74) is 0. The van der Waals surface area contributed by atoms with E-state index in [-0.39, 0.29) is 12.3 Å². The lowest BCUT2D eigenvalue weighted by Crippen LogP contribution is -2.46. The van der Waals surface area contributed by atoms with E-state index >= 15 is 0 Å². The van der Waals surface area contributed by atoms with Crippen LogP contribution in [0.4, 0.5) is 0 Å². The van der Waals surface area contributed by atoms with Crippen LogP contribution < -0.4 is 5.32 Å². The van der Waals surface area contributed by atoms with Gasteiger partial charge in [0.05, 0.1) is 17.9 Å². The summed E-state index contributed by atoms with van der Waals surface area (Å²) in [6.45, 7) is 4.37. The van der Waals surface area contributed by atoms with E-state index in [1.165, 1.54) is 70.3 Å². The fraction of sp³-hybridized carbons (Fsp3) is 0.711. The van der Waals surface area contributed by atoms with Crippen molar-refractivity contribution in [2.75, 3.05) is 5.75 Å². The number of nitrogens with one attached hydrogen (secondary N) is 1. The third kappa shape index (κ3) is 33.2. The van der Waals surface area contributed by atoms with Gasteiger partial charge in [0, 0.05) is 6.42 Å². The van der Waals surface area contributed by atoms with Crippen LogP contribution in [0.3, 0.4) is 0 Å². The summed E-state index contributed by atoms with van der Waals surface area (Å²) in [6, 6.07) is -1.08. The molecular formula is C38H67NO5S. The molecule has 0 aromatic carbocycles. The summed E-state index contributed by atoms with van der Waals surface area (Å²) in [7, 11) is -4.34. The number of carbonyl (C=O) groups is 1. The Morgan fingerprint density at radius 1 is 0.600 bits per heavy atom. The summed E-state index contributed by atoms with van der Waals surface area (Å²) in [4.78, 5) is 12.4. The van der Waals surface area contributed by atoms with Gasteiger partial charge in [0.15, 0.2) is 0 Å². The van der Waals surface area contributed by atoms with Gasteiger partial charge in [0.2, 0.25) is 5.91 Å². The monoisotopic (exact) mass is 649 g/mol. The number of hydrogen-bond acceptors (Lipinski definition) is 4. The lowest BCUT2D eigenvalue weighted by atomic mass is 10.1. The number of aliphatic hydroxyl groups is 1. The number of carbonyl (C=O) groups excluding carboxylic acids is 1. The molecule has 1 amide bonds. The summed E-state index contributed by atoms with van der Waals surface area (Å²) in [6.07, 6.45) is 43.8. The molecule has 0 bridgehead atoms. The van der Waals surface area contributed by atoms with Gasteiger partial charge in [0.1, 0.15) is 0 Å². The Balaban J connectivity index is 3.87. The highest BCUT2D eigenvalue weighted by Crippen LogP contribution is 2.12. The molecular weight excluding hydrogens is 582 g/mol. The molecule has 0 fully saturated rings. The average molecular weight is 650 g/mol. The minimum atomic E-state index is -4.34. The number of allylic oxidation sites excluding steroid dienone is 9. The van der Waals surface area contributed by atoms with Crippen molar-refractivity contribution in [1.29, 1.82) is 0 Å². The van der Waals surface area contributed by atoms with Crippen molar-refractivity contribution in [3.63, 3.8) is 0 Å². The van der Waals surface area contributed by atoms with Crippen molar-refractivity contribution in [3.05, 3.63) is 60.8 Å². The number of hydrogen-bond donors (Lipinski definition) is 3. The Morgan fingerprint density at radius 2 is 1.07 bits per heavy atom. The maximum atomic E-state index is 12.4. The lowest BCUT2D eigenvalue weighted by molar-refractivity contribution is -0.122. The van der Waals surface area contributed by atoms with Gasteiger partial charge in [-0.15, -0.1) is 0 Å². The molecule has 0 aliphatic heterocycles. The van der Waals surface area contributed by atoms with E-state index < -0.39 is 28.0 Å². The second-order valence-corrected chi connectivity index (χ2v) is 13.6. The summed E-state index contributed by atoms with van der Waals surface area (Å²) >= 11 is 0. The van der Waals surface area contributed by atoms with Crippen LogP contribution in [0, 0.1) is 0 Å². The first-order valence-corrected chi connectivity index (χ1v) is 19.6. The maximum absolute atomic E-state index is 12.4. The molecule has 260 valence electrons. The van der Waals surface area contributed by atoms with Crippen molar-refractivity contribution in [2.45, 2.75) is 167 Å². The number of amides is 1. The van der Waals surface area contributed by atoms with Gasteiger partial charge in [-0.1, -0.05) is 145 Å². The Labute approximate surface area is 277 Å². The van der Waals surface area contributed by atoms with E-state index in [4.69, 9.17) is 0 Å². The number of aliphatic hydroxyl groups excluding tert-OH is 1. The van der Waals surface area contributed by atoms with Gasteiger partial charge in [-0.2, -0.15) is 8.42 Å². The largest absolute Gasteiger partial charge is 0.387 e. The molecule has 0 spiro atoms. The SMILES string of the molecule is CCC/C=C/CC/C=C/C(O)C(CS(=O)(=O)O)NC(=O)CCCCCCCCCC/C=C\C/C=C\C/C=C\CCCCCCC. The van der Waals surface area contributed by atoms with E-state index in [0.29, 0.717) is 6.42 Å². The fourth-order valence-electron chi connectivity index (χ4n) is 4.95. The van der Waals surface area contributed by atoms with Gasteiger partial charge >= 0.3 is 0 Å². The normalized spacial score (nSPS) is 14.1. The molecule has 45 heavy (non-hydrogen) atoms. The smallest absolute Gasteiger partial charge is 0.267 e. The molecule has 2 atom stereocenters. The van der Waals surface area contributed by atoms with Crippen LogP contribution in [0.5, 0.6) is 0 Å². The Kier molecular flexibility index (Phi) is 30.6. The first-order chi connectivity index (χ1) is 21.8. The first-order valence-electron chi connectivity index (χ1n) is 18.0. The van der Waals surface area contributed by atoms with Gasteiger partial charge in [-0.3, -0.25) is 9.35 Å². The molecule has 0 aliphatic rings. The molecule has 0 saturated carbocycles. The molecule has 0 aromatic heterocycles. The van der Waals surface area contributed by atoms with Crippen molar-refractivity contribution in [3.8, 4) is 0 Å². The zero-order valence-corrected chi connectivity index (χ0v) is 29.5. The van der Waals surface area contributed by atoms with Crippen LogP contribution in [0.1, 0.15) is 155 Å². The van der Waals surface area contributed by atoms with E-state index in [0.717, 1.165) is 64.2 Å². The summed E-state index contributed by atoms with van der Waals surface area (Å²) in [5.74, 6) is -1.02. The zero-order valence-electron chi connectivity index (χ0n) is 28.7. The van der Waals surface area contributed by atoms with E-state index in [1.54, 1.807) is 6.08 Å². The summed E-state index contributed by atoms with van der Waals surface area (Å²) in [5, 5.41) is 13.0. The quantitative estimate of drug-likeness (QED) is 0.0394. The molecule has 0 rings (SSSR count). The second kappa shape index (κ2) is 32.0.